The molecule has 9 nitrogen and oxygen atoms in total. The average molecular weight is 560 g/mol. The van der Waals surface area contributed by atoms with Gasteiger partial charge in [0, 0.05) is 18.2 Å². The van der Waals surface area contributed by atoms with Gasteiger partial charge in [-0.1, -0.05) is 31.0 Å². The lowest BCUT2D eigenvalue weighted by molar-refractivity contribution is -0.145. The number of esters is 1. The van der Waals surface area contributed by atoms with E-state index >= 15 is 0 Å². The fourth-order valence-electron chi connectivity index (χ4n) is 4.20. The molecule has 0 bridgehead atoms. The second kappa shape index (κ2) is 14.8. The van der Waals surface area contributed by atoms with Crippen molar-refractivity contribution in [2.45, 2.75) is 77.6 Å². The zero-order valence-corrected chi connectivity index (χ0v) is 24.6. The molecule has 0 aliphatic heterocycles. The molecule has 2 N–H and O–H groups in total. The maximum Gasteiger partial charge on any atom is 0.408 e. The van der Waals surface area contributed by atoms with Crippen LogP contribution in [0.2, 0.25) is 0 Å². The Morgan fingerprint density at radius 3 is 2.46 bits per heavy atom. The van der Waals surface area contributed by atoms with Gasteiger partial charge in [0.2, 0.25) is 11.8 Å². The number of rotatable bonds is 13. The molecule has 0 heterocycles. The maximum absolute atomic E-state index is 14.2. The number of thioether (sulfide) groups is 1. The first kappa shape index (κ1) is 32.0. The number of ether oxygens (including phenoxy) is 2. The predicted octanol–water partition coefficient (Wildman–Crippen LogP) is 3.66. The Kier molecular flexibility index (Phi) is 12.2. The topological polar surface area (TPSA) is 114 Å². The standard InChI is InChI=1S/C29H41N3O6S/c1-8-20-12-10-11-13-21(20)25(26(34)30-16-14-24(33)37-9-2)32(23-18-19(23)3)27(35)22(15-17-39-7)31-28(36)38-29(4,5)6/h1,10-13,19,22-23,25H,9,14-18H2,2-7H3,(H,30,34)(H,31,36). The Balaban J connectivity index is 2.47. The second-order valence-corrected chi connectivity index (χ2v) is 11.5. The SMILES string of the molecule is C#Cc1ccccc1C(C(=O)NCCC(=O)OCC)N(C(=O)C(CCSC)NC(=O)OC(C)(C)C)C1CC1C. The van der Waals surface area contributed by atoms with E-state index in [4.69, 9.17) is 15.9 Å². The van der Waals surface area contributed by atoms with Crippen molar-refractivity contribution in [3.8, 4) is 12.3 Å². The Bertz CT molecular complexity index is 1060. The third-order valence-corrected chi connectivity index (χ3v) is 6.79. The van der Waals surface area contributed by atoms with Crippen molar-refractivity contribution in [2.24, 2.45) is 5.92 Å². The lowest BCUT2D eigenvalue weighted by Crippen LogP contribution is -2.54. The Labute approximate surface area is 236 Å². The van der Waals surface area contributed by atoms with E-state index in [9.17, 15) is 19.2 Å². The molecule has 4 unspecified atom stereocenters. The summed E-state index contributed by atoms with van der Waals surface area (Å²) in [7, 11) is 0. The Morgan fingerprint density at radius 2 is 1.90 bits per heavy atom. The maximum atomic E-state index is 14.2. The van der Waals surface area contributed by atoms with Gasteiger partial charge in [0.05, 0.1) is 13.0 Å². The molecule has 1 fully saturated rings. The summed E-state index contributed by atoms with van der Waals surface area (Å²) in [6.07, 6.45) is 8.05. The smallest absolute Gasteiger partial charge is 0.408 e. The summed E-state index contributed by atoms with van der Waals surface area (Å²) in [6.45, 7) is 9.24. The average Bonchev–Trinajstić information content (AvgIpc) is 3.59. The fourth-order valence-corrected chi connectivity index (χ4v) is 4.67. The first-order valence-corrected chi connectivity index (χ1v) is 14.6. The zero-order valence-electron chi connectivity index (χ0n) is 23.7. The third kappa shape index (κ3) is 9.81. The van der Waals surface area contributed by atoms with Crippen molar-refractivity contribution in [2.75, 3.05) is 25.2 Å². The minimum absolute atomic E-state index is 0.00654. The molecule has 3 amide bonds. The van der Waals surface area contributed by atoms with Crippen LogP contribution in [0, 0.1) is 18.3 Å². The predicted molar refractivity (Wildman–Crippen MR) is 152 cm³/mol. The summed E-state index contributed by atoms with van der Waals surface area (Å²) < 4.78 is 10.4. The molecule has 214 valence electrons. The van der Waals surface area contributed by atoms with E-state index in [1.807, 2.05) is 13.2 Å². The number of terminal acetylenes is 1. The number of carbonyl (C=O) groups excluding carboxylic acids is 4. The highest BCUT2D eigenvalue weighted by Gasteiger charge is 2.48. The molecule has 1 aromatic rings. The Morgan fingerprint density at radius 1 is 1.23 bits per heavy atom. The number of amides is 3. The molecule has 2 rings (SSSR count). The molecule has 1 aromatic carbocycles. The van der Waals surface area contributed by atoms with E-state index in [-0.39, 0.29) is 37.4 Å². The molecule has 0 spiro atoms. The van der Waals surface area contributed by atoms with Gasteiger partial charge < -0.3 is 25.0 Å². The number of alkyl carbamates (subject to hydrolysis) is 1. The summed E-state index contributed by atoms with van der Waals surface area (Å²) in [4.78, 5) is 54.0. The van der Waals surface area contributed by atoms with Gasteiger partial charge in [-0.05, 0) is 70.1 Å². The Hall–Kier alpha value is -3.19. The number of hydrogen-bond donors (Lipinski definition) is 2. The van der Waals surface area contributed by atoms with Crippen molar-refractivity contribution < 1.29 is 28.7 Å². The molecule has 10 heteroatoms. The lowest BCUT2D eigenvalue weighted by atomic mass is 9.97. The third-order valence-electron chi connectivity index (χ3n) is 6.15. The summed E-state index contributed by atoms with van der Waals surface area (Å²) >= 11 is 1.55. The van der Waals surface area contributed by atoms with Crippen molar-refractivity contribution in [1.29, 1.82) is 0 Å². The number of benzene rings is 1. The van der Waals surface area contributed by atoms with E-state index in [1.54, 1.807) is 68.6 Å². The molecule has 4 atom stereocenters. The van der Waals surface area contributed by atoms with Gasteiger partial charge in [0.25, 0.3) is 0 Å². The van der Waals surface area contributed by atoms with E-state index in [1.165, 1.54) is 0 Å². The molecule has 39 heavy (non-hydrogen) atoms. The number of nitrogens with one attached hydrogen (secondary N) is 2. The van der Waals surface area contributed by atoms with Crippen molar-refractivity contribution in [1.82, 2.24) is 15.5 Å². The number of hydrogen-bond acceptors (Lipinski definition) is 7. The lowest BCUT2D eigenvalue weighted by Gasteiger charge is -2.35. The largest absolute Gasteiger partial charge is 0.466 e. The molecule has 0 saturated heterocycles. The fraction of sp³-hybridized carbons (Fsp3) is 0.586. The van der Waals surface area contributed by atoms with E-state index in [2.05, 4.69) is 16.6 Å². The molecule has 0 radical (unpaired) electrons. The van der Waals surface area contributed by atoms with Crippen LogP contribution in [0.1, 0.15) is 71.0 Å². The van der Waals surface area contributed by atoms with Crippen LogP contribution in [-0.4, -0.2) is 71.6 Å². The van der Waals surface area contributed by atoms with Crippen LogP contribution in [0.15, 0.2) is 24.3 Å². The molecular formula is C29H41N3O6S. The van der Waals surface area contributed by atoms with E-state index in [0.717, 1.165) is 0 Å². The van der Waals surface area contributed by atoms with Gasteiger partial charge in [0.1, 0.15) is 17.7 Å². The van der Waals surface area contributed by atoms with Crippen LogP contribution in [0.3, 0.4) is 0 Å². The molecule has 1 saturated carbocycles. The highest BCUT2D eigenvalue weighted by atomic mass is 32.2. The van der Waals surface area contributed by atoms with Gasteiger partial charge >= 0.3 is 12.1 Å². The molecule has 1 aliphatic carbocycles. The van der Waals surface area contributed by atoms with Crippen molar-refractivity contribution in [3.63, 3.8) is 0 Å². The molecule has 0 aromatic heterocycles. The van der Waals surface area contributed by atoms with Crippen LogP contribution in [0.4, 0.5) is 4.79 Å². The van der Waals surface area contributed by atoms with Crippen LogP contribution in [0.25, 0.3) is 0 Å². The normalized spacial score (nSPS) is 17.7. The van der Waals surface area contributed by atoms with Gasteiger partial charge in [-0.25, -0.2) is 4.79 Å². The van der Waals surface area contributed by atoms with E-state index in [0.29, 0.717) is 29.7 Å². The summed E-state index contributed by atoms with van der Waals surface area (Å²) in [5.41, 5.74) is 0.242. The highest BCUT2D eigenvalue weighted by molar-refractivity contribution is 7.98. The first-order valence-electron chi connectivity index (χ1n) is 13.2. The first-order chi connectivity index (χ1) is 18.4. The number of carbonyl (C=O) groups is 4. The van der Waals surface area contributed by atoms with Crippen LogP contribution >= 0.6 is 11.8 Å². The zero-order chi connectivity index (χ0) is 29.2. The quantitative estimate of drug-likeness (QED) is 0.280. The summed E-state index contributed by atoms with van der Waals surface area (Å²) in [5.74, 6) is 2.11. The van der Waals surface area contributed by atoms with Crippen molar-refractivity contribution in [3.05, 3.63) is 35.4 Å². The second-order valence-electron chi connectivity index (χ2n) is 10.5. The van der Waals surface area contributed by atoms with Gasteiger partial charge in [0.15, 0.2) is 0 Å². The number of nitrogens with zero attached hydrogens (tertiary/aromatic N) is 1. The molecular weight excluding hydrogens is 518 g/mol. The molecule has 1 aliphatic rings. The summed E-state index contributed by atoms with van der Waals surface area (Å²) in [5, 5.41) is 5.52. The van der Waals surface area contributed by atoms with Gasteiger partial charge in [-0.2, -0.15) is 11.8 Å². The van der Waals surface area contributed by atoms with Gasteiger partial charge in [-0.15, -0.1) is 6.42 Å². The van der Waals surface area contributed by atoms with Crippen molar-refractivity contribution >= 4 is 35.6 Å². The monoisotopic (exact) mass is 559 g/mol. The van der Waals surface area contributed by atoms with Crippen LogP contribution in [-0.2, 0) is 23.9 Å². The van der Waals surface area contributed by atoms with Gasteiger partial charge in [-0.3, -0.25) is 14.4 Å². The van der Waals surface area contributed by atoms with E-state index < -0.39 is 35.7 Å². The van der Waals surface area contributed by atoms with Crippen LogP contribution in [0.5, 0.6) is 0 Å². The highest BCUT2D eigenvalue weighted by Crippen LogP contribution is 2.41. The minimum atomic E-state index is -1.06. The summed E-state index contributed by atoms with van der Waals surface area (Å²) in [6, 6.07) is 4.80. The minimum Gasteiger partial charge on any atom is -0.466 e. The van der Waals surface area contributed by atoms with Crippen LogP contribution < -0.4 is 10.6 Å².